The number of thioether (sulfide) groups is 1. The second-order valence-electron chi connectivity index (χ2n) is 7.35. The maximum Gasteiger partial charge on any atom is 0.230 e. The van der Waals surface area contributed by atoms with E-state index in [9.17, 15) is 4.79 Å². The molecular weight excluding hydrogens is 370 g/mol. The van der Waals surface area contributed by atoms with Crippen molar-refractivity contribution in [3.8, 4) is 5.69 Å². The molecule has 0 spiro atoms. The van der Waals surface area contributed by atoms with Gasteiger partial charge in [-0.1, -0.05) is 48.2 Å². The lowest BCUT2D eigenvalue weighted by Gasteiger charge is -2.16. The Balaban J connectivity index is 1.35. The van der Waals surface area contributed by atoms with Gasteiger partial charge in [-0.3, -0.25) is 4.79 Å². The zero-order chi connectivity index (χ0) is 19.6. The fraction of sp³-hybridized carbons (Fsp3) is 0.333. The Morgan fingerprint density at radius 2 is 1.93 bits per heavy atom. The van der Waals surface area contributed by atoms with Gasteiger partial charge in [0.1, 0.15) is 0 Å². The second-order valence-corrected chi connectivity index (χ2v) is 8.30. The lowest BCUT2D eigenvalue weighted by molar-refractivity contribution is -0.118. The molecule has 1 aliphatic carbocycles. The van der Waals surface area contributed by atoms with E-state index in [4.69, 9.17) is 0 Å². The highest BCUT2D eigenvalue weighted by Gasteiger charge is 2.44. The van der Waals surface area contributed by atoms with Gasteiger partial charge in [0.05, 0.1) is 11.4 Å². The molecule has 1 fully saturated rings. The molecule has 3 aromatic rings. The third-order valence-corrected chi connectivity index (χ3v) is 6.29. The van der Waals surface area contributed by atoms with E-state index < -0.39 is 0 Å². The van der Waals surface area contributed by atoms with E-state index in [0.29, 0.717) is 11.7 Å². The SMILES string of the molecule is Cc1ccc(-n2nnnc2SCC(=O)NCC2(c3ccccc3)CC2)cc1C. The molecule has 1 aliphatic rings. The number of benzene rings is 2. The summed E-state index contributed by atoms with van der Waals surface area (Å²) in [5, 5.41) is 15.6. The smallest absolute Gasteiger partial charge is 0.230 e. The van der Waals surface area contributed by atoms with Crippen molar-refractivity contribution in [2.75, 3.05) is 12.3 Å². The average Bonchev–Trinajstić information content (AvgIpc) is 3.37. The first-order valence-corrected chi connectivity index (χ1v) is 10.4. The van der Waals surface area contributed by atoms with Crippen molar-refractivity contribution in [3.63, 3.8) is 0 Å². The van der Waals surface area contributed by atoms with Crippen molar-refractivity contribution in [2.45, 2.75) is 37.3 Å². The van der Waals surface area contributed by atoms with Crippen LogP contribution in [0, 0.1) is 13.8 Å². The zero-order valence-electron chi connectivity index (χ0n) is 16.1. The predicted molar refractivity (Wildman–Crippen MR) is 110 cm³/mol. The topological polar surface area (TPSA) is 72.7 Å². The van der Waals surface area contributed by atoms with Gasteiger partial charge in [-0.05, 0) is 65.9 Å². The summed E-state index contributed by atoms with van der Waals surface area (Å²) in [7, 11) is 0. The van der Waals surface area contributed by atoms with Crippen LogP contribution in [0.4, 0.5) is 0 Å². The maximum atomic E-state index is 12.4. The number of aryl methyl sites for hydroxylation is 2. The lowest BCUT2D eigenvalue weighted by atomic mass is 9.96. The molecule has 1 N–H and O–H groups in total. The highest BCUT2D eigenvalue weighted by atomic mass is 32.2. The van der Waals surface area contributed by atoms with Crippen molar-refractivity contribution in [1.29, 1.82) is 0 Å². The average molecular weight is 394 g/mol. The van der Waals surface area contributed by atoms with Gasteiger partial charge >= 0.3 is 0 Å². The summed E-state index contributed by atoms with van der Waals surface area (Å²) < 4.78 is 1.68. The maximum absolute atomic E-state index is 12.4. The first-order chi connectivity index (χ1) is 13.6. The summed E-state index contributed by atoms with van der Waals surface area (Å²) in [6, 6.07) is 16.5. The molecule has 0 aliphatic heterocycles. The zero-order valence-corrected chi connectivity index (χ0v) is 16.9. The molecule has 4 rings (SSSR count). The van der Waals surface area contributed by atoms with Gasteiger partial charge < -0.3 is 5.32 Å². The van der Waals surface area contributed by atoms with E-state index in [2.05, 4.69) is 59.0 Å². The molecule has 144 valence electrons. The van der Waals surface area contributed by atoms with E-state index >= 15 is 0 Å². The number of hydrogen-bond acceptors (Lipinski definition) is 5. The van der Waals surface area contributed by atoms with Crippen molar-refractivity contribution >= 4 is 17.7 Å². The molecule has 1 saturated carbocycles. The number of carbonyl (C=O) groups is 1. The lowest BCUT2D eigenvalue weighted by Crippen LogP contribution is -2.33. The minimum atomic E-state index is 0.00171. The fourth-order valence-corrected chi connectivity index (χ4v) is 3.97. The van der Waals surface area contributed by atoms with Crippen molar-refractivity contribution in [3.05, 3.63) is 65.2 Å². The van der Waals surface area contributed by atoms with Crippen LogP contribution in [0.1, 0.15) is 29.5 Å². The molecule has 0 unspecified atom stereocenters. The Bertz CT molecular complexity index is 981. The monoisotopic (exact) mass is 393 g/mol. The molecular formula is C21H23N5OS. The Labute approximate surface area is 168 Å². The summed E-state index contributed by atoms with van der Waals surface area (Å²) in [6.07, 6.45) is 2.24. The van der Waals surface area contributed by atoms with Crippen LogP contribution in [-0.2, 0) is 10.2 Å². The number of amides is 1. The van der Waals surface area contributed by atoms with Gasteiger partial charge in [-0.25, -0.2) is 0 Å². The summed E-state index contributed by atoms with van der Waals surface area (Å²) in [5.74, 6) is 0.289. The largest absolute Gasteiger partial charge is 0.354 e. The van der Waals surface area contributed by atoms with Gasteiger partial charge in [-0.15, -0.1) is 5.10 Å². The van der Waals surface area contributed by atoms with Gasteiger partial charge in [0.25, 0.3) is 0 Å². The third kappa shape index (κ3) is 3.94. The van der Waals surface area contributed by atoms with E-state index in [1.807, 2.05) is 24.3 Å². The van der Waals surface area contributed by atoms with Crippen LogP contribution >= 0.6 is 11.8 Å². The first-order valence-electron chi connectivity index (χ1n) is 9.38. The summed E-state index contributed by atoms with van der Waals surface area (Å²) in [5.41, 5.74) is 4.72. The number of nitrogens with one attached hydrogen (secondary N) is 1. The molecule has 0 saturated heterocycles. The predicted octanol–water partition coefficient (Wildman–Crippen LogP) is 3.22. The van der Waals surface area contributed by atoms with E-state index in [1.54, 1.807) is 4.68 Å². The number of aromatic nitrogens is 4. The van der Waals surface area contributed by atoms with Crippen molar-refractivity contribution < 1.29 is 4.79 Å². The van der Waals surface area contributed by atoms with E-state index in [-0.39, 0.29) is 17.1 Å². The molecule has 0 atom stereocenters. The van der Waals surface area contributed by atoms with Gasteiger partial charge in [0, 0.05) is 12.0 Å². The molecule has 28 heavy (non-hydrogen) atoms. The fourth-order valence-electron chi connectivity index (χ4n) is 3.25. The number of tetrazole rings is 1. The van der Waals surface area contributed by atoms with Gasteiger partial charge in [0.15, 0.2) is 0 Å². The Kier molecular flexibility index (Phi) is 5.17. The number of rotatable bonds is 7. The minimum absolute atomic E-state index is 0.00171. The third-order valence-electron chi connectivity index (χ3n) is 5.37. The quantitative estimate of drug-likeness (QED) is 0.624. The molecule has 1 aromatic heterocycles. The Hall–Kier alpha value is -2.67. The Morgan fingerprint density at radius 3 is 2.64 bits per heavy atom. The van der Waals surface area contributed by atoms with E-state index in [0.717, 1.165) is 18.5 Å². The van der Waals surface area contributed by atoms with Crippen LogP contribution in [0.5, 0.6) is 0 Å². The van der Waals surface area contributed by atoms with Gasteiger partial charge in [0.2, 0.25) is 11.1 Å². The van der Waals surface area contributed by atoms with Crippen LogP contribution in [0.2, 0.25) is 0 Å². The molecule has 6 nitrogen and oxygen atoms in total. The summed E-state index contributed by atoms with van der Waals surface area (Å²) in [4.78, 5) is 12.4. The van der Waals surface area contributed by atoms with Gasteiger partial charge in [-0.2, -0.15) is 4.68 Å². The van der Waals surface area contributed by atoms with Crippen molar-refractivity contribution in [2.24, 2.45) is 0 Å². The number of nitrogens with zero attached hydrogens (tertiary/aromatic N) is 4. The normalized spacial score (nSPS) is 14.6. The molecule has 1 amide bonds. The first kappa shape index (κ1) is 18.7. The van der Waals surface area contributed by atoms with Crippen LogP contribution in [0.15, 0.2) is 53.7 Å². The van der Waals surface area contributed by atoms with Crippen LogP contribution in [0.25, 0.3) is 5.69 Å². The second kappa shape index (κ2) is 7.75. The molecule has 2 aromatic carbocycles. The highest BCUT2D eigenvalue weighted by Crippen LogP contribution is 2.47. The van der Waals surface area contributed by atoms with Crippen LogP contribution in [0.3, 0.4) is 0 Å². The minimum Gasteiger partial charge on any atom is -0.354 e. The van der Waals surface area contributed by atoms with Crippen molar-refractivity contribution in [1.82, 2.24) is 25.5 Å². The molecule has 7 heteroatoms. The Morgan fingerprint density at radius 1 is 1.14 bits per heavy atom. The summed E-state index contributed by atoms with van der Waals surface area (Å²) in [6.45, 7) is 4.81. The molecule has 0 radical (unpaired) electrons. The van der Waals surface area contributed by atoms with E-state index in [1.165, 1.54) is 28.5 Å². The summed E-state index contributed by atoms with van der Waals surface area (Å²) >= 11 is 1.35. The standard InChI is InChI=1S/C21H23N5OS/c1-15-8-9-18(12-16(15)2)26-20(23-24-25-26)28-13-19(27)22-14-21(10-11-21)17-6-4-3-5-7-17/h3-9,12H,10-11,13-14H2,1-2H3,(H,22,27). The molecule has 0 bridgehead atoms. The number of hydrogen-bond donors (Lipinski definition) is 1. The van der Waals surface area contributed by atoms with Crippen LogP contribution < -0.4 is 5.32 Å². The molecule has 1 heterocycles. The van der Waals surface area contributed by atoms with Crippen LogP contribution in [-0.4, -0.2) is 38.4 Å². The highest BCUT2D eigenvalue weighted by molar-refractivity contribution is 7.99. The number of carbonyl (C=O) groups excluding carboxylic acids is 1.